The predicted molar refractivity (Wildman–Crippen MR) is 69.6 cm³/mol. The van der Waals surface area contributed by atoms with E-state index in [0.717, 1.165) is 10.9 Å². The van der Waals surface area contributed by atoms with Crippen LogP contribution in [0.4, 0.5) is 0 Å². The summed E-state index contributed by atoms with van der Waals surface area (Å²) >= 11 is 0. The molecule has 1 aromatic carbocycles. The Hall–Kier alpha value is -1.81. The van der Waals surface area contributed by atoms with Crippen molar-refractivity contribution in [2.24, 2.45) is 0 Å². The molecule has 0 fully saturated rings. The zero-order valence-corrected chi connectivity index (χ0v) is 10.8. The lowest BCUT2D eigenvalue weighted by Gasteiger charge is -2.18. The lowest BCUT2D eigenvalue weighted by atomic mass is 10.1. The van der Waals surface area contributed by atoms with Crippen molar-refractivity contribution < 1.29 is 14.6 Å². The lowest BCUT2D eigenvalue weighted by Crippen LogP contribution is -2.25. The van der Waals surface area contributed by atoms with Gasteiger partial charge in [-0.05, 0) is 32.0 Å². The molecule has 96 valence electrons. The smallest absolute Gasteiger partial charge is 0.338 e. The number of rotatable bonds is 3. The zero-order valence-electron chi connectivity index (χ0n) is 10.8. The van der Waals surface area contributed by atoms with E-state index < -0.39 is 5.60 Å². The van der Waals surface area contributed by atoms with Crippen molar-refractivity contribution in [3.63, 3.8) is 0 Å². The Morgan fingerprint density at radius 1 is 1.39 bits per heavy atom. The Kier molecular flexibility index (Phi) is 3.13. The van der Waals surface area contributed by atoms with Crippen LogP contribution in [0, 0.1) is 0 Å². The molecule has 18 heavy (non-hydrogen) atoms. The van der Waals surface area contributed by atoms with Gasteiger partial charge in [0.05, 0.1) is 24.8 Å². The van der Waals surface area contributed by atoms with Crippen LogP contribution >= 0.6 is 0 Å². The third-order valence-corrected chi connectivity index (χ3v) is 2.78. The summed E-state index contributed by atoms with van der Waals surface area (Å²) in [5, 5.41) is 10.7. The highest BCUT2D eigenvalue weighted by Gasteiger charge is 2.17. The van der Waals surface area contributed by atoms with Gasteiger partial charge in [-0.3, -0.25) is 0 Å². The molecule has 2 aromatic rings. The number of esters is 1. The topological polar surface area (TPSA) is 51.5 Å². The summed E-state index contributed by atoms with van der Waals surface area (Å²) in [6, 6.07) is 7.35. The summed E-state index contributed by atoms with van der Waals surface area (Å²) < 4.78 is 6.69. The van der Waals surface area contributed by atoms with E-state index in [0.29, 0.717) is 12.1 Å². The van der Waals surface area contributed by atoms with Crippen LogP contribution < -0.4 is 0 Å². The molecule has 1 N–H and O–H groups in total. The Balaban J connectivity index is 2.52. The number of aromatic nitrogens is 1. The minimum absolute atomic E-state index is 0.346. The number of methoxy groups -OCH3 is 1. The van der Waals surface area contributed by atoms with Gasteiger partial charge in [0.25, 0.3) is 0 Å². The molecule has 0 spiro atoms. The number of hydrogen-bond acceptors (Lipinski definition) is 3. The number of fused-ring (bicyclic) bond motifs is 1. The molecule has 1 heterocycles. The van der Waals surface area contributed by atoms with Gasteiger partial charge < -0.3 is 14.4 Å². The third kappa shape index (κ3) is 2.38. The maximum atomic E-state index is 11.6. The number of ether oxygens (including phenoxy) is 1. The van der Waals surface area contributed by atoms with Gasteiger partial charge in [-0.15, -0.1) is 0 Å². The van der Waals surface area contributed by atoms with Gasteiger partial charge >= 0.3 is 5.97 Å². The van der Waals surface area contributed by atoms with E-state index in [-0.39, 0.29) is 5.97 Å². The van der Waals surface area contributed by atoms with Crippen LogP contribution in [0.2, 0.25) is 0 Å². The SMILES string of the molecule is COC(=O)c1cccc2c1ccn2CC(C)(C)O. The molecule has 1 aromatic heterocycles. The molecule has 0 aliphatic heterocycles. The first-order valence-corrected chi connectivity index (χ1v) is 5.81. The van der Waals surface area contributed by atoms with E-state index in [1.165, 1.54) is 7.11 Å². The van der Waals surface area contributed by atoms with E-state index in [4.69, 9.17) is 4.74 Å². The number of nitrogens with zero attached hydrogens (tertiary/aromatic N) is 1. The van der Waals surface area contributed by atoms with Crippen molar-refractivity contribution in [2.75, 3.05) is 7.11 Å². The second-order valence-corrected chi connectivity index (χ2v) is 4.99. The van der Waals surface area contributed by atoms with E-state index in [2.05, 4.69) is 0 Å². The second-order valence-electron chi connectivity index (χ2n) is 4.99. The summed E-state index contributed by atoms with van der Waals surface area (Å²) in [5.41, 5.74) is 0.664. The van der Waals surface area contributed by atoms with E-state index >= 15 is 0 Å². The van der Waals surface area contributed by atoms with Crippen LogP contribution in [0.3, 0.4) is 0 Å². The average molecular weight is 247 g/mol. The van der Waals surface area contributed by atoms with Crippen LogP contribution in [0.15, 0.2) is 30.5 Å². The third-order valence-electron chi connectivity index (χ3n) is 2.78. The zero-order chi connectivity index (χ0) is 13.3. The van der Waals surface area contributed by atoms with Gasteiger partial charge in [0.1, 0.15) is 0 Å². The van der Waals surface area contributed by atoms with Gasteiger partial charge in [0, 0.05) is 17.1 Å². The van der Waals surface area contributed by atoms with Gasteiger partial charge in [0.15, 0.2) is 0 Å². The molecule has 0 aliphatic rings. The molecule has 0 amide bonds. The molecule has 2 rings (SSSR count). The highest BCUT2D eigenvalue weighted by atomic mass is 16.5. The summed E-state index contributed by atoms with van der Waals surface area (Å²) in [5.74, 6) is -0.346. The first kappa shape index (κ1) is 12.6. The van der Waals surface area contributed by atoms with Crippen LogP contribution in [0.5, 0.6) is 0 Å². The van der Waals surface area contributed by atoms with Crippen LogP contribution in [-0.2, 0) is 11.3 Å². The Morgan fingerprint density at radius 3 is 2.72 bits per heavy atom. The molecule has 0 aliphatic carbocycles. The average Bonchev–Trinajstić information content (AvgIpc) is 2.69. The number of carbonyl (C=O) groups is 1. The molecule has 4 heteroatoms. The van der Waals surface area contributed by atoms with Gasteiger partial charge in [-0.25, -0.2) is 4.79 Å². The number of benzene rings is 1. The highest BCUT2D eigenvalue weighted by Crippen LogP contribution is 2.22. The second kappa shape index (κ2) is 4.46. The van der Waals surface area contributed by atoms with E-state index in [1.807, 2.05) is 29.0 Å². The first-order chi connectivity index (χ1) is 8.42. The van der Waals surface area contributed by atoms with Crippen LogP contribution in [-0.4, -0.2) is 28.4 Å². The summed E-state index contributed by atoms with van der Waals surface area (Å²) in [6.07, 6.45) is 1.87. The standard InChI is InChI=1S/C14H17NO3/c1-14(2,17)9-15-8-7-10-11(13(16)18-3)5-4-6-12(10)15/h4-8,17H,9H2,1-3H3. The molecule has 0 radical (unpaired) electrons. The molecule has 0 saturated carbocycles. The van der Waals surface area contributed by atoms with Crippen molar-refractivity contribution in [3.8, 4) is 0 Å². The summed E-state index contributed by atoms with van der Waals surface area (Å²) in [6.45, 7) is 3.98. The molecular formula is C14H17NO3. The normalized spacial score (nSPS) is 11.8. The first-order valence-electron chi connectivity index (χ1n) is 5.81. The maximum absolute atomic E-state index is 11.6. The van der Waals surface area contributed by atoms with Crippen molar-refractivity contribution in [2.45, 2.75) is 26.0 Å². The Morgan fingerprint density at radius 2 is 2.11 bits per heavy atom. The minimum Gasteiger partial charge on any atom is -0.465 e. The quantitative estimate of drug-likeness (QED) is 0.846. The van der Waals surface area contributed by atoms with Gasteiger partial charge in [0.2, 0.25) is 0 Å². The summed E-state index contributed by atoms with van der Waals surface area (Å²) in [7, 11) is 1.37. The van der Waals surface area contributed by atoms with Crippen molar-refractivity contribution >= 4 is 16.9 Å². The van der Waals surface area contributed by atoms with E-state index in [1.54, 1.807) is 19.9 Å². The van der Waals surface area contributed by atoms with Crippen molar-refractivity contribution in [3.05, 3.63) is 36.0 Å². The van der Waals surface area contributed by atoms with Gasteiger partial charge in [-0.2, -0.15) is 0 Å². The lowest BCUT2D eigenvalue weighted by molar-refractivity contribution is 0.0602. The Bertz CT molecular complexity index is 578. The van der Waals surface area contributed by atoms with Crippen molar-refractivity contribution in [1.82, 2.24) is 4.57 Å². The molecule has 0 saturated heterocycles. The number of carbonyl (C=O) groups excluding carboxylic acids is 1. The monoisotopic (exact) mass is 247 g/mol. The predicted octanol–water partition coefficient (Wildman–Crippen LogP) is 2.20. The number of aliphatic hydroxyl groups is 1. The van der Waals surface area contributed by atoms with E-state index in [9.17, 15) is 9.90 Å². The minimum atomic E-state index is -0.798. The molecule has 0 unspecified atom stereocenters. The van der Waals surface area contributed by atoms with Crippen molar-refractivity contribution in [1.29, 1.82) is 0 Å². The van der Waals surface area contributed by atoms with Crippen LogP contribution in [0.1, 0.15) is 24.2 Å². The van der Waals surface area contributed by atoms with Crippen LogP contribution in [0.25, 0.3) is 10.9 Å². The largest absolute Gasteiger partial charge is 0.465 e. The fraction of sp³-hybridized carbons (Fsp3) is 0.357. The fourth-order valence-corrected chi connectivity index (χ4v) is 2.07. The maximum Gasteiger partial charge on any atom is 0.338 e. The summed E-state index contributed by atoms with van der Waals surface area (Å²) in [4.78, 5) is 11.6. The number of hydrogen-bond donors (Lipinski definition) is 1. The molecule has 0 atom stereocenters. The van der Waals surface area contributed by atoms with Gasteiger partial charge in [-0.1, -0.05) is 6.07 Å². The molecule has 0 bridgehead atoms. The fourth-order valence-electron chi connectivity index (χ4n) is 2.07. The highest BCUT2D eigenvalue weighted by molar-refractivity contribution is 6.03. The molecular weight excluding hydrogens is 230 g/mol. The Labute approximate surface area is 106 Å². The molecule has 4 nitrogen and oxygen atoms in total.